The molecule has 0 saturated heterocycles. The van der Waals surface area contributed by atoms with Gasteiger partial charge in [-0.15, -0.1) is 0 Å². The molecule has 0 radical (unpaired) electrons. The highest BCUT2D eigenvalue weighted by molar-refractivity contribution is 5.69. The number of hydrogen-bond donors (Lipinski definition) is 1. The number of carbonyl (C=O) groups excluding carboxylic acids is 2. The van der Waals surface area contributed by atoms with Crippen LogP contribution >= 0.6 is 0 Å². The minimum Gasteiger partial charge on any atom is -0.465 e. The van der Waals surface area contributed by atoms with E-state index < -0.39 is 0 Å². The van der Waals surface area contributed by atoms with Crippen LogP contribution < -0.4 is 0 Å². The Bertz CT molecular complexity index is 843. The molecule has 0 saturated carbocycles. The molecule has 0 aliphatic carbocycles. The number of hydrogen-bond acceptors (Lipinski definition) is 6. The first-order valence-corrected chi connectivity index (χ1v) is 25.9. The number of rotatable bonds is 47. The fraction of sp³-hybridized carbons (Fsp3) is 0.962. The van der Waals surface area contributed by atoms with Gasteiger partial charge in [-0.1, -0.05) is 214 Å². The van der Waals surface area contributed by atoms with Crippen LogP contribution in [0.5, 0.6) is 0 Å². The number of unbranched alkanes of at least 4 members (excludes halogenated alkanes) is 27. The molecule has 0 fully saturated rings. The SMILES string of the molecule is CCCCCCCCCCCC(=O)OCC(C)(C)CCCCCN(CCO)CCCCCCC(=O)OCC(CCCCCCCCCC)CCCCCCCCCC. The van der Waals surface area contributed by atoms with Gasteiger partial charge in [-0.3, -0.25) is 9.59 Å². The van der Waals surface area contributed by atoms with Crippen molar-refractivity contribution in [2.75, 3.05) is 39.5 Å². The third kappa shape index (κ3) is 41.6. The largest absolute Gasteiger partial charge is 0.465 e. The van der Waals surface area contributed by atoms with E-state index in [1.165, 1.54) is 161 Å². The first kappa shape index (κ1) is 56.9. The molecule has 0 aliphatic rings. The third-order valence-corrected chi connectivity index (χ3v) is 12.4. The lowest BCUT2D eigenvalue weighted by molar-refractivity contribution is -0.147. The molecular weight excluding hydrogens is 719 g/mol. The number of nitrogens with zero attached hydrogens (tertiary/aromatic N) is 1. The molecule has 6 nitrogen and oxygen atoms in total. The Balaban J connectivity index is 4.16. The van der Waals surface area contributed by atoms with Gasteiger partial charge in [-0.25, -0.2) is 0 Å². The molecule has 346 valence electrons. The van der Waals surface area contributed by atoms with Gasteiger partial charge in [0.2, 0.25) is 0 Å². The maximum atomic E-state index is 12.7. The third-order valence-electron chi connectivity index (χ3n) is 12.4. The normalized spacial score (nSPS) is 11.9. The van der Waals surface area contributed by atoms with Crippen LogP contribution in [0.4, 0.5) is 0 Å². The van der Waals surface area contributed by atoms with Crippen molar-refractivity contribution in [3.63, 3.8) is 0 Å². The minimum atomic E-state index is -0.0343. The Kier molecular flexibility index (Phi) is 43.1. The smallest absolute Gasteiger partial charge is 0.305 e. The quantitative estimate of drug-likeness (QED) is 0.0487. The Labute approximate surface area is 362 Å². The number of aliphatic hydroxyl groups is 1. The molecule has 0 bridgehead atoms. The minimum absolute atomic E-state index is 0.00539. The van der Waals surface area contributed by atoms with Gasteiger partial charge in [-0.2, -0.15) is 0 Å². The highest BCUT2D eigenvalue weighted by Gasteiger charge is 2.20. The maximum Gasteiger partial charge on any atom is 0.305 e. The summed E-state index contributed by atoms with van der Waals surface area (Å²) in [6.07, 6.45) is 45.0. The lowest BCUT2D eigenvalue weighted by atomic mass is 9.88. The number of ether oxygens (including phenoxy) is 2. The van der Waals surface area contributed by atoms with E-state index >= 15 is 0 Å². The van der Waals surface area contributed by atoms with Crippen LogP contribution in [0.2, 0.25) is 0 Å². The highest BCUT2D eigenvalue weighted by atomic mass is 16.5. The van der Waals surface area contributed by atoms with Gasteiger partial charge in [0.05, 0.1) is 19.8 Å². The summed E-state index contributed by atoms with van der Waals surface area (Å²) in [5, 5.41) is 9.65. The first-order chi connectivity index (χ1) is 28.3. The van der Waals surface area contributed by atoms with E-state index in [0.29, 0.717) is 32.0 Å². The molecule has 0 amide bonds. The van der Waals surface area contributed by atoms with Crippen molar-refractivity contribution in [1.29, 1.82) is 0 Å². The van der Waals surface area contributed by atoms with Crippen LogP contribution in [0.15, 0.2) is 0 Å². The summed E-state index contributed by atoms with van der Waals surface area (Å²) in [6.45, 7) is 15.3. The average Bonchev–Trinajstić information content (AvgIpc) is 3.21. The zero-order valence-corrected chi connectivity index (χ0v) is 40.0. The first-order valence-electron chi connectivity index (χ1n) is 25.9. The van der Waals surface area contributed by atoms with Gasteiger partial charge in [0, 0.05) is 19.4 Å². The van der Waals surface area contributed by atoms with Crippen LogP contribution in [0.1, 0.15) is 272 Å². The van der Waals surface area contributed by atoms with Crippen LogP contribution in [0.25, 0.3) is 0 Å². The van der Waals surface area contributed by atoms with E-state index in [-0.39, 0.29) is 24.0 Å². The Morgan fingerprint density at radius 1 is 0.466 bits per heavy atom. The van der Waals surface area contributed by atoms with Gasteiger partial charge in [0.15, 0.2) is 0 Å². The van der Waals surface area contributed by atoms with Gasteiger partial charge >= 0.3 is 11.9 Å². The molecular formula is C52H103NO5. The van der Waals surface area contributed by atoms with E-state index in [4.69, 9.17) is 9.47 Å². The molecule has 0 aromatic rings. The monoisotopic (exact) mass is 822 g/mol. The summed E-state index contributed by atoms with van der Waals surface area (Å²) in [4.78, 5) is 27.4. The summed E-state index contributed by atoms with van der Waals surface area (Å²) in [7, 11) is 0. The molecule has 1 N–H and O–H groups in total. The van der Waals surface area contributed by atoms with Crippen molar-refractivity contribution in [1.82, 2.24) is 4.90 Å². The topological polar surface area (TPSA) is 76.1 Å². The van der Waals surface area contributed by atoms with E-state index in [1.54, 1.807) is 0 Å². The molecule has 0 aliphatic heterocycles. The second-order valence-corrected chi connectivity index (χ2v) is 19.0. The van der Waals surface area contributed by atoms with Crippen molar-refractivity contribution in [3.8, 4) is 0 Å². The molecule has 0 aromatic carbocycles. The van der Waals surface area contributed by atoms with Crippen LogP contribution in [-0.4, -0.2) is 61.4 Å². The van der Waals surface area contributed by atoms with Crippen LogP contribution in [0, 0.1) is 11.3 Å². The maximum absolute atomic E-state index is 12.7. The summed E-state index contributed by atoms with van der Waals surface area (Å²) in [6, 6.07) is 0. The molecule has 58 heavy (non-hydrogen) atoms. The standard InChI is InChI=1S/C52H103NO5/c1-6-9-12-15-18-21-24-27-33-41-51(56)58-48-52(4,5)42-35-30-37-44-53(45-46-54)43-36-29-28-34-40-50(55)57-47-49(38-31-25-22-19-16-13-10-7-2)39-32-26-23-20-17-14-11-8-3/h49,54H,6-48H2,1-5H3. The van der Waals surface area contributed by atoms with E-state index in [1.807, 2.05) is 0 Å². The summed E-state index contributed by atoms with van der Waals surface area (Å²) < 4.78 is 11.5. The molecule has 0 aromatic heterocycles. The van der Waals surface area contributed by atoms with E-state index in [2.05, 4.69) is 39.5 Å². The molecule has 0 atom stereocenters. The number of esters is 2. The summed E-state index contributed by atoms with van der Waals surface area (Å²) >= 11 is 0. The average molecular weight is 822 g/mol. The molecule has 0 rings (SSSR count). The molecule has 0 heterocycles. The van der Waals surface area contributed by atoms with E-state index in [9.17, 15) is 14.7 Å². The molecule has 0 unspecified atom stereocenters. The van der Waals surface area contributed by atoms with Crippen molar-refractivity contribution in [2.45, 2.75) is 272 Å². The van der Waals surface area contributed by atoms with Crippen molar-refractivity contribution in [3.05, 3.63) is 0 Å². The second kappa shape index (κ2) is 43.9. The van der Waals surface area contributed by atoms with Crippen molar-refractivity contribution < 1.29 is 24.2 Å². The van der Waals surface area contributed by atoms with Gasteiger partial charge in [0.25, 0.3) is 0 Å². The van der Waals surface area contributed by atoms with Crippen LogP contribution in [-0.2, 0) is 19.1 Å². The Hall–Kier alpha value is -1.14. The van der Waals surface area contributed by atoms with Crippen molar-refractivity contribution >= 4 is 11.9 Å². The van der Waals surface area contributed by atoms with Crippen LogP contribution in [0.3, 0.4) is 0 Å². The predicted octanol–water partition coefficient (Wildman–Crippen LogP) is 15.5. The van der Waals surface area contributed by atoms with E-state index in [0.717, 1.165) is 83.8 Å². The Morgan fingerprint density at radius 3 is 1.26 bits per heavy atom. The zero-order chi connectivity index (χ0) is 42.6. The lowest BCUT2D eigenvalue weighted by Crippen LogP contribution is -2.29. The molecule has 6 heteroatoms. The second-order valence-electron chi connectivity index (χ2n) is 19.0. The number of aliphatic hydroxyl groups excluding tert-OH is 1. The van der Waals surface area contributed by atoms with Gasteiger partial charge in [0.1, 0.15) is 0 Å². The van der Waals surface area contributed by atoms with Gasteiger partial charge in [-0.05, 0) is 69.4 Å². The fourth-order valence-electron chi connectivity index (χ4n) is 8.28. The van der Waals surface area contributed by atoms with Gasteiger partial charge < -0.3 is 19.5 Å². The zero-order valence-electron chi connectivity index (χ0n) is 40.0. The fourth-order valence-corrected chi connectivity index (χ4v) is 8.28. The number of carbonyl (C=O) groups is 2. The highest BCUT2D eigenvalue weighted by Crippen LogP contribution is 2.25. The lowest BCUT2D eigenvalue weighted by Gasteiger charge is -2.25. The summed E-state index contributed by atoms with van der Waals surface area (Å²) in [5.74, 6) is 0.485. The predicted molar refractivity (Wildman–Crippen MR) is 251 cm³/mol. The Morgan fingerprint density at radius 2 is 0.828 bits per heavy atom. The van der Waals surface area contributed by atoms with Crippen molar-refractivity contribution in [2.24, 2.45) is 11.3 Å². The molecule has 0 spiro atoms. The summed E-state index contributed by atoms with van der Waals surface area (Å²) in [5.41, 5.74) is 0.00691.